The summed E-state index contributed by atoms with van der Waals surface area (Å²) in [4.78, 5) is 13.7. The minimum Gasteiger partial charge on any atom is -0.341 e. The van der Waals surface area contributed by atoms with Crippen LogP contribution in [0.1, 0.15) is 36.6 Å². The first-order valence-corrected chi connectivity index (χ1v) is 9.35. The van der Waals surface area contributed by atoms with E-state index >= 15 is 0 Å². The van der Waals surface area contributed by atoms with Crippen LogP contribution < -0.4 is 4.90 Å². The van der Waals surface area contributed by atoms with Crippen molar-refractivity contribution in [1.29, 1.82) is 0 Å². The molecule has 0 amide bonds. The van der Waals surface area contributed by atoms with Gasteiger partial charge in [-0.2, -0.15) is 0 Å². The fourth-order valence-corrected chi connectivity index (χ4v) is 3.77. The van der Waals surface area contributed by atoms with Crippen molar-refractivity contribution < 1.29 is 8.78 Å². The molecule has 0 saturated carbocycles. The number of benzene rings is 1. The fourth-order valence-electron chi connectivity index (χ4n) is 3.77. The predicted molar refractivity (Wildman–Crippen MR) is 96.8 cm³/mol. The van der Waals surface area contributed by atoms with Crippen LogP contribution in [-0.2, 0) is 19.5 Å². The first kappa shape index (κ1) is 17.3. The molecule has 138 valence electrons. The van der Waals surface area contributed by atoms with E-state index in [-0.39, 0.29) is 0 Å². The molecule has 2 aliphatic rings. The van der Waals surface area contributed by atoms with Crippen molar-refractivity contribution in [3.63, 3.8) is 0 Å². The van der Waals surface area contributed by atoms with Gasteiger partial charge in [-0.15, -0.1) is 0 Å². The van der Waals surface area contributed by atoms with E-state index in [2.05, 4.69) is 21.7 Å². The van der Waals surface area contributed by atoms with Gasteiger partial charge in [-0.1, -0.05) is 19.1 Å². The largest absolute Gasteiger partial charge is 0.341 e. The van der Waals surface area contributed by atoms with Crippen LogP contribution in [0.25, 0.3) is 0 Å². The summed E-state index contributed by atoms with van der Waals surface area (Å²) in [6.45, 7) is 6.19. The van der Waals surface area contributed by atoms with Crippen molar-refractivity contribution in [3.8, 4) is 0 Å². The van der Waals surface area contributed by atoms with Crippen LogP contribution in [0.2, 0.25) is 0 Å². The van der Waals surface area contributed by atoms with Crippen molar-refractivity contribution in [2.24, 2.45) is 5.92 Å². The van der Waals surface area contributed by atoms with Gasteiger partial charge in [0.1, 0.15) is 0 Å². The predicted octanol–water partition coefficient (Wildman–Crippen LogP) is 3.55. The van der Waals surface area contributed by atoms with Gasteiger partial charge in [-0.3, -0.25) is 4.90 Å². The van der Waals surface area contributed by atoms with Crippen LogP contribution >= 0.6 is 0 Å². The summed E-state index contributed by atoms with van der Waals surface area (Å²) in [6, 6.07) is 4.35. The summed E-state index contributed by atoms with van der Waals surface area (Å²) in [5, 5.41) is 0. The molecule has 1 fully saturated rings. The Balaban J connectivity index is 1.45. The molecule has 1 saturated heterocycles. The highest BCUT2D eigenvalue weighted by atomic mass is 19.2. The maximum Gasteiger partial charge on any atom is 0.225 e. The van der Waals surface area contributed by atoms with Crippen LogP contribution in [0.3, 0.4) is 0 Å². The van der Waals surface area contributed by atoms with Crippen molar-refractivity contribution in [2.75, 3.05) is 24.5 Å². The first-order chi connectivity index (χ1) is 12.6. The maximum absolute atomic E-state index is 13.9. The zero-order chi connectivity index (χ0) is 18.1. The van der Waals surface area contributed by atoms with E-state index < -0.39 is 11.6 Å². The van der Waals surface area contributed by atoms with Crippen molar-refractivity contribution in [2.45, 2.75) is 39.3 Å². The number of aromatic nitrogens is 2. The van der Waals surface area contributed by atoms with Gasteiger partial charge in [-0.25, -0.2) is 18.7 Å². The third kappa shape index (κ3) is 3.56. The highest BCUT2D eigenvalue weighted by Crippen LogP contribution is 2.24. The molecule has 3 heterocycles. The molecule has 4 rings (SSSR count). The second-order valence-electron chi connectivity index (χ2n) is 7.49. The number of halogens is 2. The smallest absolute Gasteiger partial charge is 0.225 e. The average Bonchev–Trinajstić information content (AvgIpc) is 2.66. The quantitative estimate of drug-likeness (QED) is 0.840. The topological polar surface area (TPSA) is 32.3 Å². The maximum atomic E-state index is 13.9. The molecule has 6 heteroatoms. The third-order valence-corrected chi connectivity index (χ3v) is 5.49. The first-order valence-electron chi connectivity index (χ1n) is 9.35. The number of hydrogen-bond acceptors (Lipinski definition) is 4. The average molecular weight is 358 g/mol. The third-order valence-electron chi connectivity index (χ3n) is 5.49. The number of hydrogen-bond donors (Lipinski definition) is 0. The standard InChI is InChI=1S/C20H24F2N4/c1-14-5-9-26(10-6-14)20-23-11-16-13-25(8-7-18(16)24-20)12-15-3-2-4-17(21)19(15)22/h2-4,11,14H,5-10,12-13H2,1H3. The van der Waals surface area contributed by atoms with Gasteiger partial charge in [0.15, 0.2) is 11.6 Å². The summed E-state index contributed by atoms with van der Waals surface area (Å²) >= 11 is 0. The molecule has 1 aromatic heterocycles. The fraction of sp³-hybridized carbons (Fsp3) is 0.500. The summed E-state index contributed by atoms with van der Waals surface area (Å²) in [5.41, 5.74) is 2.57. The monoisotopic (exact) mass is 358 g/mol. The zero-order valence-electron chi connectivity index (χ0n) is 15.1. The van der Waals surface area contributed by atoms with E-state index in [1.165, 1.54) is 12.8 Å². The molecule has 0 atom stereocenters. The number of nitrogens with zero attached hydrogens (tertiary/aromatic N) is 4. The van der Waals surface area contributed by atoms with Crippen LogP contribution in [0, 0.1) is 17.6 Å². The molecule has 0 radical (unpaired) electrons. The lowest BCUT2D eigenvalue weighted by Crippen LogP contribution is -2.35. The van der Waals surface area contributed by atoms with Crippen molar-refractivity contribution >= 4 is 5.95 Å². The van der Waals surface area contributed by atoms with E-state index in [9.17, 15) is 8.78 Å². The Kier molecular flexibility index (Phi) is 4.85. The number of fused-ring (bicyclic) bond motifs is 1. The van der Waals surface area contributed by atoms with Crippen LogP contribution in [0.15, 0.2) is 24.4 Å². The molecule has 0 bridgehead atoms. The van der Waals surface area contributed by atoms with E-state index in [1.54, 1.807) is 12.1 Å². The van der Waals surface area contributed by atoms with Crippen LogP contribution in [0.4, 0.5) is 14.7 Å². The molecular formula is C20H24F2N4. The normalized spacial score (nSPS) is 18.8. The molecule has 2 aromatic rings. The van der Waals surface area contributed by atoms with E-state index in [0.717, 1.165) is 55.2 Å². The van der Waals surface area contributed by atoms with Crippen molar-refractivity contribution in [3.05, 3.63) is 52.9 Å². The number of anilines is 1. The molecule has 4 nitrogen and oxygen atoms in total. The second-order valence-corrected chi connectivity index (χ2v) is 7.49. The Labute approximate surface area is 152 Å². The van der Waals surface area contributed by atoms with E-state index in [4.69, 9.17) is 4.98 Å². The lowest BCUT2D eigenvalue weighted by Gasteiger charge is -2.32. The van der Waals surface area contributed by atoms with Crippen LogP contribution in [-0.4, -0.2) is 34.5 Å². The Hall–Kier alpha value is -2.08. The lowest BCUT2D eigenvalue weighted by atomic mass is 9.99. The molecule has 26 heavy (non-hydrogen) atoms. The lowest BCUT2D eigenvalue weighted by molar-refractivity contribution is 0.238. The highest BCUT2D eigenvalue weighted by Gasteiger charge is 2.23. The Bertz CT molecular complexity index is 787. The van der Waals surface area contributed by atoms with Gasteiger partial charge in [0, 0.05) is 56.5 Å². The molecule has 1 aromatic carbocycles. The van der Waals surface area contributed by atoms with Gasteiger partial charge in [-0.05, 0) is 24.8 Å². The second kappa shape index (κ2) is 7.27. The Morgan fingerprint density at radius 1 is 1.15 bits per heavy atom. The Morgan fingerprint density at radius 3 is 2.77 bits per heavy atom. The van der Waals surface area contributed by atoms with E-state index in [0.29, 0.717) is 18.7 Å². The van der Waals surface area contributed by atoms with Gasteiger partial charge in [0.05, 0.1) is 5.69 Å². The van der Waals surface area contributed by atoms with Gasteiger partial charge < -0.3 is 4.90 Å². The molecule has 2 aliphatic heterocycles. The van der Waals surface area contributed by atoms with Crippen LogP contribution in [0.5, 0.6) is 0 Å². The number of piperidine rings is 1. The van der Waals surface area contributed by atoms with Crippen molar-refractivity contribution in [1.82, 2.24) is 14.9 Å². The molecule has 0 N–H and O–H groups in total. The molecular weight excluding hydrogens is 334 g/mol. The summed E-state index contributed by atoms with van der Waals surface area (Å²) in [5.74, 6) is 0.0777. The SMILES string of the molecule is CC1CCN(c2ncc3c(n2)CCN(Cc2cccc(F)c2F)C3)CC1. The molecule has 0 unspecified atom stereocenters. The van der Waals surface area contributed by atoms with Gasteiger partial charge in [0.25, 0.3) is 0 Å². The molecule has 0 spiro atoms. The van der Waals surface area contributed by atoms with Gasteiger partial charge in [0.2, 0.25) is 5.95 Å². The highest BCUT2D eigenvalue weighted by molar-refractivity contribution is 5.35. The minimum atomic E-state index is -0.788. The number of rotatable bonds is 3. The van der Waals surface area contributed by atoms with Gasteiger partial charge >= 0.3 is 0 Å². The minimum absolute atomic E-state index is 0.397. The summed E-state index contributed by atoms with van der Waals surface area (Å²) < 4.78 is 27.3. The summed E-state index contributed by atoms with van der Waals surface area (Å²) in [6.07, 6.45) is 5.09. The molecule has 0 aliphatic carbocycles. The van der Waals surface area contributed by atoms with E-state index in [1.807, 2.05) is 6.20 Å². The summed E-state index contributed by atoms with van der Waals surface area (Å²) in [7, 11) is 0. The Morgan fingerprint density at radius 2 is 1.96 bits per heavy atom. The zero-order valence-corrected chi connectivity index (χ0v) is 15.1.